The highest BCUT2D eigenvalue weighted by atomic mass is 35.5. The van der Waals surface area contributed by atoms with Gasteiger partial charge in [0.25, 0.3) is 5.91 Å². The van der Waals surface area contributed by atoms with Gasteiger partial charge in [0.05, 0.1) is 5.56 Å². The standard InChI is InChI=1S/C17H17ClN2O/c18-16-14-8-4-3-7-13(14)15(11-20-16)17(21)19-10-9-12-5-1-2-6-12/h3-5,7-8,11H,1-2,6,9-10H2,(H,19,21). The molecule has 0 saturated carbocycles. The first-order valence-corrected chi connectivity index (χ1v) is 7.63. The molecule has 2 aromatic rings. The number of pyridine rings is 1. The van der Waals surface area contributed by atoms with Gasteiger partial charge < -0.3 is 5.32 Å². The van der Waals surface area contributed by atoms with E-state index in [4.69, 9.17) is 11.6 Å². The zero-order chi connectivity index (χ0) is 14.7. The highest BCUT2D eigenvalue weighted by molar-refractivity contribution is 6.34. The van der Waals surface area contributed by atoms with E-state index < -0.39 is 0 Å². The third-order valence-electron chi connectivity index (χ3n) is 3.86. The third kappa shape index (κ3) is 3.08. The molecule has 1 aliphatic rings. The second-order valence-electron chi connectivity index (χ2n) is 5.27. The largest absolute Gasteiger partial charge is 0.352 e. The van der Waals surface area contributed by atoms with Crippen LogP contribution < -0.4 is 5.32 Å². The van der Waals surface area contributed by atoms with Crippen LogP contribution in [0.25, 0.3) is 10.8 Å². The van der Waals surface area contributed by atoms with Crippen LogP contribution in [-0.2, 0) is 0 Å². The van der Waals surface area contributed by atoms with Crippen LogP contribution in [0, 0.1) is 0 Å². The summed E-state index contributed by atoms with van der Waals surface area (Å²) in [4.78, 5) is 16.4. The summed E-state index contributed by atoms with van der Waals surface area (Å²) >= 11 is 6.07. The highest BCUT2D eigenvalue weighted by Gasteiger charge is 2.12. The van der Waals surface area contributed by atoms with Crippen molar-refractivity contribution in [1.82, 2.24) is 10.3 Å². The average molecular weight is 301 g/mol. The van der Waals surface area contributed by atoms with Gasteiger partial charge in [-0.05, 0) is 31.1 Å². The molecule has 1 heterocycles. The fourth-order valence-corrected chi connectivity index (χ4v) is 2.95. The molecule has 0 fully saturated rings. The van der Waals surface area contributed by atoms with Crippen molar-refractivity contribution in [2.45, 2.75) is 25.7 Å². The summed E-state index contributed by atoms with van der Waals surface area (Å²) in [6, 6.07) is 7.57. The van der Waals surface area contributed by atoms with Gasteiger partial charge in [0.2, 0.25) is 0 Å². The lowest BCUT2D eigenvalue weighted by Gasteiger charge is -2.09. The van der Waals surface area contributed by atoms with Gasteiger partial charge in [-0.1, -0.05) is 47.5 Å². The van der Waals surface area contributed by atoms with Crippen LogP contribution in [0.5, 0.6) is 0 Å². The van der Waals surface area contributed by atoms with Crippen molar-refractivity contribution in [2.24, 2.45) is 0 Å². The van der Waals surface area contributed by atoms with Crippen LogP contribution >= 0.6 is 11.6 Å². The van der Waals surface area contributed by atoms with E-state index in [0.29, 0.717) is 17.3 Å². The van der Waals surface area contributed by atoms with Gasteiger partial charge in [0.15, 0.2) is 0 Å². The Labute approximate surface area is 129 Å². The summed E-state index contributed by atoms with van der Waals surface area (Å²) in [5, 5.41) is 5.06. The van der Waals surface area contributed by atoms with E-state index in [1.165, 1.54) is 24.8 Å². The molecule has 0 radical (unpaired) electrons. The number of hydrogen-bond acceptors (Lipinski definition) is 2. The lowest BCUT2D eigenvalue weighted by Crippen LogP contribution is -2.25. The van der Waals surface area contributed by atoms with E-state index in [9.17, 15) is 4.79 Å². The molecule has 108 valence electrons. The van der Waals surface area contributed by atoms with E-state index in [1.54, 1.807) is 6.20 Å². The minimum atomic E-state index is -0.0889. The van der Waals surface area contributed by atoms with E-state index in [0.717, 1.165) is 17.2 Å². The molecule has 1 aliphatic carbocycles. The number of halogens is 1. The molecule has 0 aliphatic heterocycles. The maximum Gasteiger partial charge on any atom is 0.253 e. The number of rotatable bonds is 4. The number of nitrogens with zero attached hydrogens (tertiary/aromatic N) is 1. The molecule has 4 heteroatoms. The highest BCUT2D eigenvalue weighted by Crippen LogP contribution is 2.24. The molecule has 21 heavy (non-hydrogen) atoms. The zero-order valence-electron chi connectivity index (χ0n) is 11.7. The molecule has 3 rings (SSSR count). The first kappa shape index (κ1) is 14.1. The summed E-state index contributed by atoms with van der Waals surface area (Å²) in [5.41, 5.74) is 2.03. The number of allylic oxidation sites excluding steroid dienone is 1. The lowest BCUT2D eigenvalue weighted by molar-refractivity contribution is 0.0955. The Hall–Kier alpha value is -1.87. The van der Waals surface area contributed by atoms with Crippen LogP contribution in [0.1, 0.15) is 36.0 Å². The topological polar surface area (TPSA) is 42.0 Å². The number of hydrogen-bond donors (Lipinski definition) is 1. The smallest absolute Gasteiger partial charge is 0.253 e. The third-order valence-corrected chi connectivity index (χ3v) is 4.16. The van der Waals surface area contributed by atoms with E-state index in [-0.39, 0.29) is 5.91 Å². The molecular weight excluding hydrogens is 284 g/mol. The van der Waals surface area contributed by atoms with Crippen molar-refractivity contribution >= 4 is 28.3 Å². The molecule has 0 saturated heterocycles. The molecule has 0 bridgehead atoms. The summed E-state index contributed by atoms with van der Waals surface area (Å²) < 4.78 is 0. The van der Waals surface area contributed by atoms with Crippen molar-refractivity contribution in [1.29, 1.82) is 0 Å². The number of fused-ring (bicyclic) bond motifs is 1. The average Bonchev–Trinajstić information content (AvgIpc) is 3.01. The van der Waals surface area contributed by atoms with Crippen molar-refractivity contribution in [3.05, 3.63) is 52.8 Å². The summed E-state index contributed by atoms with van der Waals surface area (Å²) in [6.07, 6.45) is 8.36. The summed E-state index contributed by atoms with van der Waals surface area (Å²) in [5.74, 6) is -0.0889. The number of carbonyl (C=O) groups is 1. The van der Waals surface area contributed by atoms with Gasteiger partial charge in [-0.3, -0.25) is 4.79 Å². The maximum atomic E-state index is 12.3. The fraction of sp³-hybridized carbons (Fsp3) is 0.294. The summed E-state index contributed by atoms with van der Waals surface area (Å²) in [7, 11) is 0. The fourth-order valence-electron chi connectivity index (χ4n) is 2.74. The van der Waals surface area contributed by atoms with E-state index >= 15 is 0 Å². The Kier molecular flexibility index (Phi) is 4.20. The van der Waals surface area contributed by atoms with Gasteiger partial charge in [0.1, 0.15) is 5.15 Å². The Morgan fingerprint density at radius 2 is 2.10 bits per heavy atom. The van der Waals surface area contributed by atoms with Crippen LogP contribution in [-0.4, -0.2) is 17.4 Å². The molecule has 1 aromatic carbocycles. The molecule has 0 atom stereocenters. The van der Waals surface area contributed by atoms with Gasteiger partial charge in [-0.15, -0.1) is 0 Å². The van der Waals surface area contributed by atoms with Crippen LogP contribution in [0.4, 0.5) is 0 Å². The van der Waals surface area contributed by atoms with E-state index in [2.05, 4.69) is 16.4 Å². The summed E-state index contributed by atoms with van der Waals surface area (Å²) in [6.45, 7) is 0.668. The quantitative estimate of drug-likeness (QED) is 0.682. The van der Waals surface area contributed by atoms with Gasteiger partial charge >= 0.3 is 0 Å². The SMILES string of the molecule is O=C(NCCC1=CCCC1)c1cnc(Cl)c2ccccc12. The normalized spacial score (nSPS) is 14.2. The number of amides is 1. The lowest BCUT2D eigenvalue weighted by atomic mass is 10.1. The number of carbonyl (C=O) groups excluding carboxylic acids is 1. The molecule has 1 aromatic heterocycles. The monoisotopic (exact) mass is 300 g/mol. The van der Waals surface area contributed by atoms with Gasteiger partial charge in [-0.25, -0.2) is 4.98 Å². The second-order valence-corrected chi connectivity index (χ2v) is 5.63. The van der Waals surface area contributed by atoms with Crippen LogP contribution in [0.15, 0.2) is 42.1 Å². The first-order chi connectivity index (χ1) is 10.3. The van der Waals surface area contributed by atoms with Crippen molar-refractivity contribution in [3.63, 3.8) is 0 Å². The molecule has 1 N–H and O–H groups in total. The van der Waals surface area contributed by atoms with Gasteiger partial charge in [-0.2, -0.15) is 0 Å². The molecular formula is C17H17ClN2O. The number of nitrogens with one attached hydrogen (secondary N) is 1. The minimum absolute atomic E-state index is 0.0889. The van der Waals surface area contributed by atoms with E-state index in [1.807, 2.05) is 24.3 Å². The number of aromatic nitrogens is 1. The van der Waals surface area contributed by atoms with Crippen LogP contribution in [0.3, 0.4) is 0 Å². The molecule has 1 amide bonds. The van der Waals surface area contributed by atoms with Gasteiger partial charge in [0, 0.05) is 18.1 Å². The Morgan fingerprint density at radius 3 is 2.86 bits per heavy atom. The van der Waals surface area contributed by atoms with Crippen molar-refractivity contribution in [3.8, 4) is 0 Å². The molecule has 3 nitrogen and oxygen atoms in total. The van der Waals surface area contributed by atoms with Crippen molar-refractivity contribution in [2.75, 3.05) is 6.54 Å². The number of benzene rings is 1. The zero-order valence-corrected chi connectivity index (χ0v) is 12.5. The first-order valence-electron chi connectivity index (χ1n) is 7.25. The molecule has 0 unspecified atom stereocenters. The van der Waals surface area contributed by atoms with Crippen molar-refractivity contribution < 1.29 is 4.79 Å². The Bertz CT molecular complexity index is 709. The Morgan fingerprint density at radius 1 is 1.29 bits per heavy atom. The molecule has 0 spiro atoms. The van der Waals surface area contributed by atoms with Crippen LogP contribution in [0.2, 0.25) is 5.15 Å². The predicted octanol–water partition coefficient (Wildman–Crippen LogP) is 4.12. The predicted molar refractivity (Wildman–Crippen MR) is 85.6 cm³/mol. The second kappa shape index (κ2) is 6.27. The Balaban J connectivity index is 1.74. The minimum Gasteiger partial charge on any atom is -0.352 e. The maximum absolute atomic E-state index is 12.3.